The van der Waals surface area contributed by atoms with Crippen LogP contribution in [0.15, 0.2) is 23.0 Å². The van der Waals surface area contributed by atoms with Crippen molar-refractivity contribution in [1.82, 2.24) is 4.57 Å². The summed E-state index contributed by atoms with van der Waals surface area (Å²) in [5.41, 5.74) is -0.171. The van der Waals surface area contributed by atoms with Crippen LogP contribution in [0.5, 0.6) is 11.5 Å². The number of unbranched alkanes of at least 4 members (excludes halogenated alkanes) is 5. The van der Waals surface area contributed by atoms with Crippen LogP contribution in [-0.4, -0.2) is 21.2 Å². The second-order valence-corrected chi connectivity index (χ2v) is 8.07. The molecular weight excluding hydrogens is 384 g/mol. The van der Waals surface area contributed by atoms with Crippen molar-refractivity contribution in [3.8, 4) is 11.5 Å². The summed E-state index contributed by atoms with van der Waals surface area (Å²) in [6, 6.07) is 4.18. The Kier molecular flexibility index (Phi) is 9.15. The standard InChI is InChI=1S/C23H34N2O5/c1-4-6-7-8-9-10-14-24-20-15-18(25(28)29)12-13-19(20)21(26)22(23(24)27)30-16-17(3)11-5-2/h12-13,15,17,26H,4-11,14,16H2,1-3H3. The molecule has 0 aliphatic rings. The summed E-state index contributed by atoms with van der Waals surface area (Å²) in [7, 11) is 0. The molecule has 0 bridgehead atoms. The van der Waals surface area contributed by atoms with Crippen LogP contribution in [0.3, 0.4) is 0 Å². The summed E-state index contributed by atoms with van der Waals surface area (Å²) in [5, 5.41) is 22.3. The number of fused-ring (bicyclic) bond motifs is 1. The average molecular weight is 419 g/mol. The fraction of sp³-hybridized carbons (Fsp3) is 0.609. The van der Waals surface area contributed by atoms with E-state index in [9.17, 15) is 20.0 Å². The SMILES string of the molecule is CCCCCCCCn1c(=O)c(OCC(C)CCC)c(O)c2ccc([N+](=O)[O-])cc21. The number of pyridine rings is 1. The number of hydrogen-bond acceptors (Lipinski definition) is 5. The Morgan fingerprint density at radius 2 is 1.83 bits per heavy atom. The highest BCUT2D eigenvalue weighted by molar-refractivity contribution is 5.89. The van der Waals surface area contributed by atoms with Crippen LogP contribution >= 0.6 is 0 Å². The maximum absolute atomic E-state index is 13.1. The zero-order chi connectivity index (χ0) is 22.1. The predicted octanol–water partition coefficient (Wildman–Crippen LogP) is 5.79. The maximum Gasteiger partial charge on any atom is 0.297 e. The zero-order valence-electron chi connectivity index (χ0n) is 18.4. The van der Waals surface area contributed by atoms with E-state index >= 15 is 0 Å². The van der Waals surface area contributed by atoms with Crippen LogP contribution < -0.4 is 10.3 Å². The molecule has 166 valence electrons. The molecule has 0 spiro atoms. The minimum atomic E-state index is -0.493. The first-order valence-corrected chi connectivity index (χ1v) is 11.1. The molecule has 0 saturated carbocycles. The smallest absolute Gasteiger partial charge is 0.297 e. The lowest BCUT2D eigenvalue weighted by molar-refractivity contribution is -0.384. The third-order valence-corrected chi connectivity index (χ3v) is 5.42. The van der Waals surface area contributed by atoms with Crippen molar-refractivity contribution in [1.29, 1.82) is 0 Å². The number of benzene rings is 1. The molecule has 1 heterocycles. The van der Waals surface area contributed by atoms with Crippen molar-refractivity contribution in [2.45, 2.75) is 78.7 Å². The Bertz CT molecular complexity index is 907. The largest absolute Gasteiger partial charge is 0.504 e. The van der Waals surface area contributed by atoms with Gasteiger partial charge in [0, 0.05) is 24.1 Å². The average Bonchev–Trinajstić information content (AvgIpc) is 2.72. The topological polar surface area (TPSA) is 94.6 Å². The molecule has 7 heteroatoms. The van der Waals surface area contributed by atoms with Gasteiger partial charge in [0.2, 0.25) is 5.75 Å². The molecule has 0 fully saturated rings. The highest BCUT2D eigenvalue weighted by Crippen LogP contribution is 2.34. The second kappa shape index (κ2) is 11.6. The Morgan fingerprint density at radius 3 is 2.50 bits per heavy atom. The van der Waals surface area contributed by atoms with Crippen LogP contribution in [-0.2, 0) is 6.54 Å². The second-order valence-electron chi connectivity index (χ2n) is 8.07. The van der Waals surface area contributed by atoms with E-state index in [-0.39, 0.29) is 23.1 Å². The van der Waals surface area contributed by atoms with E-state index in [1.807, 2.05) is 6.92 Å². The van der Waals surface area contributed by atoms with Gasteiger partial charge in [-0.05, 0) is 24.8 Å². The summed E-state index contributed by atoms with van der Waals surface area (Å²) in [6.45, 7) is 7.07. The molecule has 1 atom stereocenters. The molecule has 0 aliphatic heterocycles. The Balaban J connectivity index is 2.38. The lowest BCUT2D eigenvalue weighted by Crippen LogP contribution is -2.24. The number of nitro benzene ring substituents is 1. The monoisotopic (exact) mass is 418 g/mol. The highest BCUT2D eigenvalue weighted by atomic mass is 16.6. The van der Waals surface area contributed by atoms with Gasteiger partial charge in [-0.15, -0.1) is 0 Å². The maximum atomic E-state index is 13.1. The quantitative estimate of drug-likeness (QED) is 0.252. The first-order chi connectivity index (χ1) is 14.4. The van der Waals surface area contributed by atoms with Crippen molar-refractivity contribution in [3.05, 3.63) is 38.7 Å². The van der Waals surface area contributed by atoms with E-state index in [4.69, 9.17) is 4.74 Å². The number of aromatic nitrogens is 1. The number of ether oxygens (including phenoxy) is 1. The first-order valence-electron chi connectivity index (χ1n) is 11.1. The van der Waals surface area contributed by atoms with Gasteiger partial charge in [0.25, 0.3) is 11.2 Å². The number of rotatable bonds is 13. The molecule has 0 amide bonds. The third-order valence-electron chi connectivity index (χ3n) is 5.42. The van der Waals surface area contributed by atoms with Gasteiger partial charge >= 0.3 is 0 Å². The Hall–Kier alpha value is -2.57. The van der Waals surface area contributed by atoms with Crippen LogP contribution in [0.2, 0.25) is 0 Å². The molecule has 0 saturated heterocycles. The Morgan fingerprint density at radius 1 is 1.13 bits per heavy atom. The van der Waals surface area contributed by atoms with Gasteiger partial charge in [-0.1, -0.05) is 59.3 Å². The molecule has 2 aromatic rings. The summed E-state index contributed by atoms with van der Waals surface area (Å²) in [5.74, 6) is -0.0496. The molecule has 7 nitrogen and oxygen atoms in total. The van der Waals surface area contributed by atoms with Gasteiger partial charge in [-0.3, -0.25) is 14.9 Å². The molecule has 0 aliphatic carbocycles. The van der Waals surface area contributed by atoms with E-state index < -0.39 is 10.5 Å². The van der Waals surface area contributed by atoms with Gasteiger partial charge < -0.3 is 14.4 Å². The van der Waals surface area contributed by atoms with Crippen LogP contribution in [0.4, 0.5) is 5.69 Å². The number of non-ortho nitro benzene ring substituents is 1. The zero-order valence-corrected chi connectivity index (χ0v) is 18.4. The van der Waals surface area contributed by atoms with E-state index in [0.29, 0.717) is 24.1 Å². The van der Waals surface area contributed by atoms with Gasteiger partial charge in [-0.25, -0.2) is 0 Å². The molecule has 1 N–H and O–H groups in total. The van der Waals surface area contributed by atoms with E-state index in [0.717, 1.165) is 38.5 Å². The van der Waals surface area contributed by atoms with Gasteiger partial charge in [0.05, 0.1) is 17.0 Å². The van der Waals surface area contributed by atoms with E-state index in [1.165, 1.54) is 35.6 Å². The summed E-state index contributed by atoms with van der Waals surface area (Å²) >= 11 is 0. The number of nitrogens with zero attached hydrogens (tertiary/aromatic N) is 2. The van der Waals surface area contributed by atoms with Crippen molar-refractivity contribution in [3.63, 3.8) is 0 Å². The number of aromatic hydroxyl groups is 1. The van der Waals surface area contributed by atoms with Crippen LogP contribution in [0.25, 0.3) is 10.9 Å². The minimum absolute atomic E-state index is 0.0645. The lowest BCUT2D eigenvalue weighted by Gasteiger charge is -2.17. The van der Waals surface area contributed by atoms with Gasteiger partial charge in [0.1, 0.15) is 0 Å². The minimum Gasteiger partial charge on any atom is -0.504 e. The highest BCUT2D eigenvalue weighted by Gasteiger charge is 2.20. The van der Waals surface area contributed by atoms with Gasteiger partial charge in [-0.2, -0.15) is 0 Å². The molecule has 2 rings (SSSR count). The van der Waals surface area contributed by atoms with Crippen molar-refractivity contribution >= 4 is 16.6 Å². The third kappa shape index (κ3) is 5.97. The van der Waals surface area contributed by atoms with Crippen molar-refractivity contribution in [2.24, 2.45) is 5.92 Å². The molecular formula is C23H34N2O5. The number of nitro groups is 1. The molecule has 0 radical (unpaired) electrons. The van der Waals surface area contributed by atoms with Crippen molar-refractivity contribution < 1.29 is 14.8 Å². The molecule has 1 aromatic carbocycles. The Labute approximate surface area is 177 Å². The molecule has 1 aromatic heterocycles. The fourth-order valence-electron chi connectivity index (χ4n) is 3.72. The molecule has 30 heavy (non-hydrogen) atoms. The van der Waals surface area contributed by atoms with Crippen LogP contribution in [0.1, 0.15) is 72.1 Å². The lowest BCUT2D eigenvalue weighted by atomic mass is 10.1. The summed E-state index contributed by atoms with van der Waals surface area (Å²) in [4.78, 5) is 23.9. The summed E-state index contributed by atoms with van der Waals surface area (Å²) < 4.78 is 7.27. The predicted molar refractivity (Wildman–Crippen MR) is 119 cm³/mol. The number of aryl methyl sites for hydroxylation is 1. The number of hydrogen-bond donors (Lipinski definition) is 1. The first kappa shape index (κ1) is 23.7. The van der Waals surface area contributed by atoms with Crippen LogP contribution in [0, 0.1) is 16.0 Å². The normalized spacial score (nSPS) is 12.2. The fourth-order valence-corrected chi connectivity index (χ4v) is 3.72. The molecule has 1 unspecified atom stereocenters. The van der Waals surface area contributed by atoms with Gasteiger partial charge in [0.15, 0.2) is 5.75 Å². The van der Waals surface area contributed by atoms with Crippen molar-refractivity contribution in [2.75, 3.05) is 6.61 Å². The van der Waals surface area contributed by atoms with E-state index in [2.05, 4.69) is 13.8 Å². The van der Waals surface area contributed by atoms with E-state index in [1.54, 1.807) is 0 Å². The summed E-state index contributed by atoms with van der Waals surface area (Å²) in [6.07, 6.45) is 8.37.